The maximum atomic E-state index is 12.6. The van der Waals surface area contributed by atoms with E-state index in [9.17, 15) is 23.6 Å². The van der Waals surface area contributed by atoms with Crippen molar-refractivity contribution in [2.75, 3.05) is 13.7 Å². The van der Waals surface area contributed by atoms with Crippen LogP contribution in [0.15, 0.2) is 23.1 Å². The van der Waals surface area contributed by atoms with Crippen LogP contribution in [0.2, 0.25) is 0 Å². The Bertz CT molecular complexity index is 625. The number of nitrogens with zero attached hydrogens (tertiary/aromatic N) is 2. The molecule has 0 aliphatic rings. The van der Waals surface area contributed by atoms with Crippen LogP contribution in [0, 0.1) is 17.0 Å². The molecule has 0 radical (unpaired) electrons. The van der Waals surface area contributed by atoms with Crippen molar-refractivity contribution in [2.24, 2.45) is 0 Å². The average molecular weight is 302 g/mol. The van der Waals surface area contributed by atoms with E-state index in [1.54, 1.807) is 0 Å². The highest BCUT2D eigenvalue weighted by atomic mass is 32.2. The summed E-state index contributed by atoms with van der Waals surface area (Å²) in [5.74, 6) is 0. The summed E-state index contributed by atoms with van der Waals surface area (Å²) in [5, 5.41) is 20.3. The zero-order chi connectivity index (χ0) is 15.7. The summed E-state index contributed by atoms with van der Waals surface area (Å²) < 4.78 is 26.1. The zero-order valence-corrected chi connectivity index (χ0v) is 12.6. The molecule has 1 N–H and O–H groups in total. The lowest BCUT2D eigenvalue weighted by Crippen LogP contribution is -2.47. The van der Waals surface area contributed by atoms with Crippen molar-refractivity contribution in [3.05, 3.63) is 33.9 Å². The Hall–Kier alpha value is -1.51. The summed E-state index contributed by atoms with van der Waals surface area (Å²) in [6, 6.07) is 4.09. The van der Waals surface area contributed by atoms with Gasteiger partial charge in [0.25, 0.3) is 5.69 Å². The van der Waals surface area contributed by atoms with Crippen LogP contribution in [-0.2, 0) is 10.0 Å². The van der Waals surface area contributed by atoms with Crippen molar-refractivity contribution < 1.29 is 18.4 Å². The van der Waals surface area contributed by atoms with Gasteiger partial charge in [0.05, 0.1) is 17.1 Å². The largest absolute Gasteiger partial charge is 0.394 e. The molecular weight excluding hydrogens is 284 g/mol. The van der Waals surface area contributed by atoms with Gasteiger partial charge in [0.15, 0.2) is 4.90 Å². The monoisotopic (exact) mass is 302 g/mol. The number of aliphatic hydroxyl groups is 1. The molecule has 0 bridgehead atoms. The van der Waals surface area contributed by atoms with Crippen LogP contribution in [0.3, 0.4) is 0 Å². The van der Waals surface area contributed by atoms with E-state index in [-0.39, 0.29) is 4.90 Å². The Kier molecular flexibility index (Phi) is 4.52. The smallest absolute Gasteiger partial charge is 0.289 e. The molecule has 1 aromatic carbocycles. The molecule has 8 heteroatoms. The quantitative estimate of drug-likeness (QED) is 0.652. The van der Waals surface area contributed by atoms with Gasteiger partial charge in [0.2, 0.25) is 10.0 Å². The average Bonchev–Trinajstić information content (AvgIpc) is 2.36. The molecule has 112 valence electrons. The Morgan fingerprint density at radius 1 is 1.40 bits per heavy atom. The van der Waals surface area contributed by atoms with Crippen LogP contribution in [0.5, 0.6) is 0 Å². The van der Waals surface area contributed by atoms with Gasteiger partial charge in [0, 0.05) is 13.1 Å². The molecule has 0 unspecified atom stereocenters. The van der Waals surface area contributed by atoms with Gasteiger partial charge in [-0.3, -0.25) is 10.1 Å². The standard InChI is InChI=1S/C12H18N2O5S/c1-9-6-5-7-10(14(16)17)11(9)20(18,19)13(4)12(2,3)8-15/h5-7,15H,8H2,1-4H3. The lowest BCUT2D eigenvalue weighted by molar-refractivity contribution is -0.387. The van der Waals surface area contributed by atoms with Crippen LogP contribution >= 0.6 is 0 Å². The summed E-state index contributed by atoms with van der Waals surface area (Å²) >= 11 is 0. The minimum absolute atomic E-state index is 0.291. The van der Waals surface area contributed by atoms with Crippen molar-refractivity contribution >= 4 is 15.7 Å². The highest BCUT2D eigenvalue weighted by Crippen LogP contribution is 2.31. The fourth-order valence-corrected chi connectivity index (χ4v) is 3.54. The van der Waals surface area contributed by atoms with Gasteiger partial charge in [-0.25, -0.2) is 8.42 Å². The van der Waals surface area contributed by atoms with E-state index in [2.05, 4.69) is 0 Å². The van der Waals surface area contributed by atoms with Gasteiger partial charge in [0.1, 0.15) is 0 Å². The van der Waals surface area contributed by atoms with Gasteiger partial charge in [-0.1, -0.05) is 12.1 Å². The molecule has 0 fully saturated rings. The number of hydrogen-bond acceptors (Lipinski definition) is 5. The molecule has 0 spiro atoms. The van der Waals surface area contributed by atoms with Gasteiger partial charge in [-0.05, 0) is 26.3 Å². The molecule has 0 amide bonds. The van der Waals surface area contributed by atoms with Crippen molar-refractivity contribution in [1.82, 2.24) is 4.31 Å². The fourth-order valence-electron chi connectivity index (χ4n) is 1.68. The van der Waals surface area contributed by atoms with E-state index in [0.717, 1.165) is 10.4 Å². The lowest BCUT2D eigenvalue weighted by atomic mass is 10.1. The predicted octanol–water partition coefficient (Wildman–Crippen LogP) is 1.29. The Labute approximate surface area is 118 Å². The molecule has 0 saturated carbocycles. The van der Waals surface area contributed by atoms with E-state index < -0.39 is 32.8 Å². The molecule has 7 nitrogen and oxygen atoms in total. The van der Waals surface area contributed by atoms with Crippen molar-refractivity contribution in [1.29, 1.82) is 0 Å². The van der Waals surface area contributed by atoms with Crippen LogP contribution in [0.1, 0.15) is 19.4 Å². The van der Waals surface area contributed by atoms with Crippen molar-refractivity contribution in [2.45, 2.75) is 31.2 Å². The predicted molar refractivity (Wildman–Crippen MR) is 73.9 cm³/mol. The summed E-state index contributed by atoms with van der Waals surface area (Å²) in [6.07, 6.45) is 0. The number of aryl methyl sites for hydroxylation is 1. The number of likely N-dealkylation sites (N-methyl/N-ethyl adjacent to an activating group) is 1. The molecule has 0 aliphatic carbocycles. The summed E-state index contributed by atoms with van der Waals surface area (Å²) in [5.41, 5.74) is -1.24. The van der Waals surface area contributed by atoms with Crippen LogP contribution in [0.4, 0.5) is 5.69 Å². The second-order valence-corrected chi connectivity index (χ2v) is 7.03. The van der Waals surface area contributed by atoms with Gasteiger partial charge in [-0.2, -0.15) is 4.31 Å². The number of hydrogen-bond donors (Lipinski definition) is 1. The molecule has 0 atom stereocenters. The first-order chi connectivity index (χ1) is 9.05. The van der Waals surface area contributed by atoms with E-state index >= 15 is 0 Å². The first-order valence-corrected chi connectivity index (χ1v) is 7.33. The third kappa shape index (κ3) is 2.82. The summed E-state index contributed by atoms with van der Waals surface area (Å²) in [7, 11) is -2.79. The number of benzene rings is 1. The van der Waals surface area contributed by atoms with E-state index in [1.165, 1.54) is 40.0 Å². The molecule has 20 heavy (non-hydrogen) atoms. The second-order valence-electron chi connectivity index (χ2n) is 5.12. The molecule has 0 aliphatic heterocycles. The highest BCUT2D eigenvalue weighted by molar-refractivity contribution is 7.89. The first-order valence-electron chi connectivity index (χ1n) is 5.89. The minimum atomic E-state index is -4.08. The highest BCUT2D eigenvalue weighted by Gasteiger charge is 2.38. The number of sulfonamides is 1. The maximum Gasteiger partial charge on any atom is 0.289 e. The molecule has 0 aromatic heterocycles. The molecular formula is C12H18N2O5S. The topological polar surface area (TPSA) is 101 Å². The molecule has 1 aromatic rings. The molecule has 1 rings (SSSR count). The number of nitro groups is 1. The lowest BCUT2D eigenvalue weighted by Gasteiger charge is -2.32. The number of rotatable bonds is 5. The van der Waals surface area contributed by atoms with E-state index in [4.69, 9.17) is 0 Å². The Morgan fingerprint density at radius 2 is 1.95 bits per heavy atom. The third-order valence-electron chi connectivity index (χ3n) is 3.25. The first kappa shape index (κ1) is 16.5. The second kappa shape index (κ2) is 5.47. The Balaban J connectivity index is 3.56. The third-order valence-corrected chi connectivity index (χ3v) is 5.51. The fraction of sp³-hybridized carbons (Fsp3) is 0.500. The zero-order valence-electron chi connectivity index (χ0n) is 11.8. The van der Waals surface area contributed by atoms with Crippen molar-refractivity contribution in [3.63, 3.8) is 0 Å². The molecule has 0 saturated heterocycles. The summed E-state index contributed by atoms with van der Waals surface area (Å²) in [4.78, 5) is 9.97. The Morgan fingerprint density at radius 3 is 2.40 bits per heavy atom. The van der Waals surface area contributed by atoms with Crippen LogP contribution in [-0.4, -0.2) is 41.9 Å². The minimum Gasteiger partial charge on any atom is -0.394 e. The normalized spacial score (nSPS) is 12.7. The van der Waals surface area contributed by atoms with Crippen LogP contribution < -0.4 is 0 Å². The maximum absolute atomic E-state index is 12.6. The van der Waals surface area contributed by atoms with E-state index in [1.807, 2.05) is 0 Å². The van der Waals surface area contributed by atoms with Gasteiger partial charge in [-0.15, -0.1) is 0 Å². The van der Waals surface area contributed by atoms with E-state index in [0.29, 0.717) is 5.56 Å². The summed E-state index contributed by atoms with van der Waals surface area (Å²) in [6.45, 7) is 4.17. The number of nitro benzene ring substituents is 1. The van der Waals surface area contributed by atoms with Crippen LogP contribution in [0.25, 0.3) is 0 Å². The SMILES string of the molecule is Cc1cccc([N+](=O)[O-])c1S(=O)(=O)N(C)C(C)(C)CO. The van der Waals surface area contributed by atoms with Crippen molar-refractivity contribution in [3.8, 4) is 0 Å². The molecule has 0 heterocycles. The van der Waals surface area contributed by atoms with Gasteiger partial charge < -0.3 is 5.11 Å². The number of aliphatic hydroxyl groups excluding tert-OH is 1. The van der Waals surface area contributed by atoms with Gasteiger partial charge >= 0.3 is 0 Å².